The summed E-state index contributed by atoms with van der Waals surface area (Å²) in [5, 5.41) is 1.50. The van der Waals surface area contributed by atoms with E-state index in [1.807, 2.05) is 30.3 Å². The van der Waals surface area contributed by atoms with Crippen molar-refractivity contribution in [2.24, 2.45) is 0 Å². The molecule has 0 amide bonds. The lowest BCUT2D eigenvalue weighted by Gasteiger charge is -2.10. The van der Waals surface area contributed by atoms with Gasteiger partial charge in [-0.05, 0) is 59.0 Å². The molecule has 1 aliphatic carbocycles. The first kappa shape index (κ1) is 13.2. The van der Waals surface area contributed by atoms with Crippen LogP contribution in [0, 0.1) is 5.82 Å². The summed E-state index contributed by atoms with van der Waals surface area (Å²) < 4.78 is 14.0. The van der Waals surface area contributed by atoms with Crippen molar-refractivity contribution in [1.82, 2.24) is 0 Å². The van der Waals surface area contributed by atoms with E-state index >= 15 is 0 Å². The van der Waals surface area contributed by atoms with Gasteiger partial charge in [-0.2, -0.15) is 0 Å². The Labute approximate surface area is 128 Å². The maximum absolute atomic E-state index is 14.0. The fourth-order valence-electron chi connectivity index (χ4n) is 3.07. The molecule has 3 aromatic carbocycles. The number of rotatable bonds is 3. The predicted molar refractivity (Wildman–Crippen MR) is 86.7 cm³/mol. The van der Waals surface area contributed by atoms with Gasteiger partial charge >= 0.3 is 0 Å². The van der Waals surface area contributed by atoms with Crippen LogP contribution in [-0.4, -0.2) is 6.29 Å². The van der Waals surface area contributed by atoms with Crippen molar-refractivity contribution in [2.75, 3.05) is 0 Å². The molecule has 0 unspecified atom stereocenters. The van der Waals surface area contributed by atoms with Crippen LogP contribution >= 0.6 is 0 Å². The zero-order valence-electron chi connectivity index (χ0n) is 12.1. The minimum atomic E-state index is -0.215. The van der Waals surface area contributed by atoms with Crippen molar-refractivity contribution in [3.05, 3.63) is 71.5 Å². The highest BCUT2D eigenvalue weighted by Gasteiger charge is 2.24. The average molecular weight is 290 g/mol. The SMILES string of the molecule is O=Cc1cc(-c2ccc(F)c3ccccc23)cc(C2CC2)c1. The van der Waals surface area contributed by atoms with Gasteiger partial charge in [-0.25, -0.2) is 4.39 Å². The molecule has 1 aliphatic rings. The number of aldehydes is 1. The summed E-state index contributed by atoms with van der Waals surface area (Å²) in [6.07, 6.45) is 3.26. The van der Waals surface area contributed by atoms with Crippen LogP contribution in [0.5, 0.6) is 0 Å². The molecule has 0 saturated heterocycles. The summed E-state index contributed by atoms with van der Waals surface area (Å²) in [4.78, 5) is 11.2. The number of hydrogen-bond donors (Lipinski definition) is 0. The topological polar surface area (TPSA) is 17.1 Å². The molecule has 2 heteroatoms. The van der Waals surface area contributed by atoms with Gasteiger partial charge < -0.3 is 0 Å². The summed E-state index contributed by atoms with van der Waals surface area (Å²) in [5.74, 6) is 0.360. The molecule has 1 nitrogen and oxygen atoms in total. The van der Waals surface area contributed by atoms with Gasteiger partial charge in [0.05, 0.1) is 0 Å². The molecule has 3 aromatic rings. The van der Waals surface area contributed by atoms with Gasteiger partial charge in [0, 0.05) is 10.9 Å². The molecule has 0 aromatic heterocycles. The maximum Gasteiger partial charge on any atom is 0.150 e. The molecule has 22 heavy (non-hydrogen) atoms. The quantitative estimate of drug-likeness (QED) is 0.595. The molecule has 1 saturated carbocycles. The van der Waals surface area contributed by atoms with Crippen LogP contribution in [-0.2, 0) is 0 Å². The first-order valence-corrected chi connectivity index (χ1v) is 7.54. The predicted octanol–water partition coefficient (Wildman–Crippen LogP) is 5.34. The van der Waals surface area contributed by atoms with Gasteiger partial charge in [0.25, 0.3) is 0 Å². The average Bonchev–Trinajstić information content (AvgIpc) is 3.40. The van der Waals surface area contributed by atoms with Crippen molar-refractivity contribution < 1.29 is 9.18 Å². The number of carbonyl (C=O) groups is 1. The summed E-state index contributed by atoms with van der Waals surface area (Å²) in [6.45, 7) is 0. The molecule has 0 N–H and O–H groups in total. The number of benzene rings is 3. The molecule has 0 bridgehead atoms. The first-order chi connectivity index (χ1) is 10.8. The zero-order valence-corrected chi connectivity index (χ0v) is 12.1. The highest BCUT2D eigenvalue weighted by molar-refractivity contribution is 5.97. The molecule has 1 fully saturated rings. The van der Waals surface area contributed by atoms with Crippen LogP contribution in [0.1, 0.15) is 34.7 Å². The highest BCUT2D eigenvalue weighted by Crippen LogP contribution is 2.42. The zero-order chi connectivity index (χ0) is 15.1. The third-order valence-corrected chi connectivity index (χ3v) is 4.34. The van der Waals surface area contributed by atoms with Gasteiger partial charge in [0.1, 0.15) is 12.1 Å². The molecule has 0 aliphatic heterocycles. The highest BCUT2D eigenvalue weighted by atomic mass is 19.1. The van der Waals surface area contributed by atoms with Crippen LogP contribution in [0.4, 0.5) is 4.39 Å². The Kier molecular flexibility index (Phi) is 3.04. The van der Waals surface area contributed by atoms with Crippen molar-refractivity contribution >= 4 is 17.1 Å². The standard InChI is InChI=1S/C20H15FO/c21-20-8-7-17(18-3-1-2-4-19(18)20)16-10-13(12-22)9-15(11-16)14-5-6-14/h1-4,7-12,14H,5-6H2. The third-order valence-electron chi connectivity index (χ3n) is 4.34. The van der Waals surface area contributed by atoms with E-state index in [-0.39, 0.29) is 5.82 Å². The van der Waals surface area contributed by atoms with Crippen LogP contribution in [0.2, 0.25) is 0 Å². The van der Waals surface area contributed by atoms with Crippen molar-refractivity contribution in [3.63, 3.8) is 0 Å². The molecular weight excluding hydrogens is 275 g/mol. The fraction of sp³-hybridized carbons (Fsp3) is 0.150. The minimum absolute atomic E-state index is 0.215. The summed E-state index contributed by atoms with van der Waals surface area (Å²) >= 11 is 0. The van der Waals surface area contributed by atoms with Gasteiger partial charge in [-0.1, -0.05) is 36.4 Å². The maximum atomic E-state index is 14.0. The lowest BCUT2D eigenvalue weighted by molar-refractivity contribution is 0.112. The first-order valence-electron chi connectivity index (χ1n) is 7.54. The van der Waals surface area contributed by atoms with Crippen LogP contribution < -0.4 is 0 Å². The normalized spacial score (nSPS) is 14.2. The Bertz CT molecular complexity index is 878. The summed E-state index contributed by atoms with van der Waals surface area (Å²) in [5.41, 5.74) is 3.87. The Balaban J connectivity index is 1.97. The summed E-state index contributed by atoms with van der Waals surface area (Å²) in [6, 6.07) is 16.8. The molecule has 4 rings (SSSR count). The van der Waals surface area contributed by atoms with E-state index in [0.717, 1.165) is 22.8 Å². The van der Waals surface area contributed by atoms with Gasteiger partial charge in [0.15, 0.2) is 0 Å². The lowest BCUT2D eigenvalue weighted by atomic mass is 9.94. The second-order valence-corrected chi connectivity index (χ2v) is 5.92. The molecular formula is C20H15FO. The number of fused-ring (bicyclic) bond motifs is 1. The Morgan fingerprint density at radius 1 is 0.955 bits per heavy atom. The molecule has 0 heterocycles. The Morgan fingerprint density at radius 3 is 2.45 bits per heavy atom. The van der Waals surface area contributed by atoms with Crippen LogP contribution in [0.25, 0.3) is 21.9 Å². The van der Waals surface area contributed by atoms with Crippen molar-refractivity contribution in [1.29, 1.82) is 0 Å². The molecule has 0 atom stereocenters. The van der Waals surface area contributed by atoms with Gasteiger partial charge in [0.2, 0.25) is 0 Å². The largest absolute Gasteiger partial charge is 0.298 e. The Hall–Kier alpha value is -2.48. The molecule has 108 valence electrons. The van der Waals surface area contributed by atoms with E-state index in [2.05, 4.69) is 6.07 Å². The van der Waals surface area contributed by atoms with Gasteiger partial charge in [-0.15, -0.1) is 0 Å². The van der Waals surface area contributed by atoms with E-state index < -0.39 is 0 Å². The third kappa shape index (κ3) is 2.21. The van der Waals surface area contributed by atoms with Crippen LogP contribution in [0.15, 0.2) is 54.6 Å². The van der Waals surface area contributed by atoms with E-state index in [0.29, 0.717) is 16.9 Å². The van der Waals surface area contributed by atoms with Crippen molar-refractivity contribution in [3.8, 4) is 11.1 Å². The lowest BCUT2D eigenvalue weighted by Crippen LogP contribution is -1.90. The van der Waals surface area contributed by atoms with Gasteiger partial charge in [-0.3, -0.25) is 4.79 Å². The van der Waals surface area contributed by atoms with Crippen molar-refractivity contribution in [2.45, 2.75) is 18.8 Å². The summed E-state index contributed by atoms with van der Waals surface area (Å²) in [7, 11) is 0. The van der Waals surface area contributed by atoms with Crippen LogP contribution in [0.3, 0.4) is 0 Å². The second-order valence-electron chi connectivity index (χ2n) is 5.92. The minimum Gasteiger partial charge on any atom is -0.298 e. The number of halogens is 1. The number of hydrogen-bond acceptors (Lipinski definition) is 1. The smallest absolute Gasteiger partial charge is 0.150 e. The van der Waals surface area contributed by atoms with E-state index in [9.17, 15) is 9.18 Å². The van der Waals surface area contributed by atoms with E-state index in [1.54, 1.807) is 12.1 Å². The molecule has 0 spiro atoms. The second kappa shape index (κ2) is 5.06. The fourth-order valence-corrected chi connectivity index (χ4v) is 3.07. The molecule has 0 radical (unpaired) electrons. The Morgan fingerprint density at radius 2 is 1.73 bits per heavy atom. The van der Waals surface area contributed by atoms with E-state index in [1.165, 1.54) is 24.5 Å². The monoisotopic (exact) mass is 290 g/mol. The number of carbonyl (C=O) groups excluding carboxylic acids is 1. The van der Waals surface area contributed by atoms with E-state index in [4.69, 9.17) is 0 Å².